The molecule has 2 aromatic carbocycles. The fraction of sp³-hybridized carbons (Fsp3) is 0.645. The molecule has 6 amide bonds. The van der Waals surface area contributed by atoms with Crippen molar-refractivity contribution in [2.45, 2.75) is 213 Å². The predicted molar refractivity (Wildman–Crippen MR) is 361 cm³/mol. The molecule has 18 heteroatoms. The van der Waals surface area contributed by atoms with Crippen molar-refractivity contribution in [2.75, 3.05) is 41.3 Å². The maximum absolute atomic E-state index is 14.1. The van der Waals surface area contributed by atoms with E-state index in [-0.39, 0.29) is 120 Å². The number of hydrogen-bond acceptors (Lipinski definition) is 12. The first-order valence-corrected chi connectivity index (χ1v) is 35.0. The van der Waals surface area contributed by atoms with Crippen molar-refractivity contribution in [3.8, 4) is 0 Å². The molecule has 13 atom stereocenters. The van der Waals surface area contributed by atoms with Gasteiger partial charge in [-0.2, -0.15) is 0 Å². The van der Waals surface area contributed by atoms with Crippen molar-refractivity contribution < 1.29 is 57.8 Å². The van der Waals surface area contributed by atoms with Crippen molar-refractivity contribution in [2.24, 2.45) is 58.2 Å². The lowest BCUT2D eigenvalue weighted by Gasteiger charge is -2.33. The number of nitrogens with zero attached hydrogens (tertiary/aromatic N) is 4. The third kappa shape index (κ3) is 19.2. The monoisotopic (exact) mass is 1300 g/mol. The Bertz CT molecular complexity index is 3060. The summed E-state index contributed by atoms with van der Waals surface area (Å²) in [7, 11) is 6.44. The molecule has 2 aliphatic carbocycles. The third-order valence-corrected chi connectivity index (χ3v) is 21.5. The molecule has 514 valence electrons. The summed E-state index contributed by atoms with van der Waals surface area (Å²) in [5, 5.41) is 16.8. The molecule has 8 rings (SSSR count). The number of piperidine rings is 2. The highest BCUT2D eigenvalue weighted by atomic mass is 16.3. The second-order valence-corrected chi connectivity index (χ2v) is 29.4. The number of benzene rings is 2. The van der Waals surface area contributed by atoms with Crippen LogP contribution in [-0.2, 0) is 52.7 Å². The van der Waals surface area contributed by atoms with Gasteiger partial charge in [0, 0.05) is 97.6 Å². The molecule has 4 fully saturated rings. The Morgan fingerprint density at radius 2 is 0.904 bits per heavy atom. The van der Waals surface area contributed by atoms with E-state index in [1.807, 2.05) is 26.0 Å². The van der Waals surface area contributed by atoms with Gasteiger partial charge in [-0.15, -0.1) is 0 Å². The number of hydrogen-bond donors (Lipinski definition) is 3. The normalized spacial score (nSPS) is 27.6. The average Bonchev–Trinajstić information content (AvgIpc) is 1.54. The van der Waals surface area contributed by atoms with E-state index in [2.05, 4.69) is 62.6 Å². The van der Waals surface area contributed by atoms with E-state index in [9.17, 15) is 57.8 Å². The summed E-state index contributed by atoms with van der Waals surface area (Å²) in [6.45, 7) is 13.7. The minimum Gasteiger partial charge on any atom is -0.385 e. The van der Waals surface area contributed by atoms with Crippen LogP contribution in [0.25, 0.3) is 0 Å². The lowest BCUT2D eigenvalue weighted by molar-refractivity contribution is -0.144. The molecule has 0 radical (unpaired) electrons. The molecule has 0 spiro atoms. The number of fused-ring (bicyclic) bond motifs is 6. The number of aliphatic hydroxyl groups excluding tert-OH is 1. The molecule has 3 N–H and O–H groups in total. The van der Waals surface area contributed by atoms with Crippen LogP contribution >= 0.6 is 0 Å². The standard InChI is InChI=1S/C38H55N3O6.C38H53N3O6/c2*1-25-17-13-10-8-6-7-9-11-14-20-27(23-30(43)34-32-28(38(32,2)3)24-41(34)36(25)46)35(45)29(42)21-22-31(44)39-33(37(47)40(4)5)26-18-15-12-16-19-26/h6-7,12,15-16,18-19,25,27-28,32-35,45H,8-11,13-14,17,20-24H2,1-5H3,(H,39,44);6-7,12,15-16,18-19,25,27-28,32-34H,8-11,13-14,17,20-24H2,1-5H3,(H,39,44)/t25-,27+,28-,32-,33-,34+,35?;25-,27+,28-,32-,33-,34+/m00/s1. The van der Waals surface area contributed by atoms with Gasteiger partial charge >= 0.3 is 0 Å². The Hall–Kier alpha value is -6.95. The number of ketones is 5. The van der Waals surface area contributed by atoms with Crippen LogP contribution in [0.2, 0.25) is 0 Å². The topological polar surface area (TPSA) is 245 Å². The molecule has 2 saturated heterocycles. The first-order chi connectivity index (χ1) is 44.7. The van der Waals surface area contributed by atoms with Gasteiger partial charge in [0.1, 0.15) is 18.2 Å². The van der Waals surface area contributed by atoms with Crippen LogP contribution in [0.1, 0.15) is 206 Å². The lowest BCUT2D eigenvalue weighted by atomic mass is 9.84. The zero-order valence-electron chi connectivity index (χ0n) is 57.8. The number of amides is 6. The molecule has 6 aliphatic rings. The number of carbonyl (C=O) groups excluding carboxylic acids is 11. The SMILES string of the molecule is C[C@H]1CCCCC=CCCCC[C@@H](C(=O)C(=O)CCC(=O)N[C@H](C(=O)N(C)C)c2ccccc2)CC(=O)[C@@H]2[C@@H]3[C@H](CN2C1=O)C3(C)C.C[C@H]1CCCCC=CCCCC[C@@H](C(O)C(=O)CCC(=O)N[C@H](C(=O)N(C)C)c2ccccc2)CC(=O)[C@@H]2[C@@H]3[C@H](CN2C1=O)C3(C)C. The Balaban J connectivity index is 0.000000266. The number of allylic oxidation sites excluding steroid dienone is 4. The van der Waals surface area contributed by atoms with E-state index >= 15 is 0 Å². The van der Waals surface area contributed by atoms with Crippen LogP contribution in [0.4, 0.5) is 0 Å². The highest BCUT2D eigenvalue weighted by Crippen LogP contribution is 2.66. The Kier molecular flexibility index (Phi) is 27.0. The summed E-state index contributed by atoms with van der Waals surface area (Å²) < 4.78 is 0. The molecule has 94 heavy (non-hydrogen) atoms. The quantitative estimate of drug-likeness (QED) is 0.105. The minimum atomic E-state index is -1.40. The van der Waals surface area contributed by atoms with Gasteiger partial charge in [-0.05, 0) is 129 Å². The van der Waals surface area contributed by atoms with E-state index in [0.29, 0.717) is 43.5 Å². The van der Waals surface area contributed by atoms with E-state index in [0.717, 1.165) is 83.5 Å². The van der Waals surface area contributed by atoms with Gasteiger partial charge in [0.15, 0.2) is 23.1 Å². The second kappa shape index (κ2) is 34.1. The van der Waals surface area contributed by atoms with E-state index in [1.54, 1.807) is 86.5 Å². The first-order valence-electron chi connectivity index (χ1n) is 35.0. The molecular weight excluding hydrogens is 1190 g/mol. The molecule has 18 nitrogen and oxygen atoms in total. The summed E-state index contributed by atoms with van der Waals surface area (Å²) in [4.78, 5) is 153. The number of nitrogens with one attached hydrogen (secondary N) is 2. The van der Waals surface area contributed by atoms with Crippen molar-refractivity contribution in [1.29, 1.82) is 0 Å². The zero-order valence-corrected chi connectivity index (χ0v) is 57.8. The number of likely N-dealkylation sites (N-methyl/N-ethyl adjacent to an activating group) is 2. The van der Waals surface area contributed by atoms with E-state index in [1.165, 1.54) is 9.80 Å². The number of rotatable bonds is 16. The largest absolute Gasteiger partial charge is 0.385 e. The van der Waals surface area contributed by atoms with Gasteiger partial charge in [0.2, 0.25) is 41.2 Å². The zero-order chi connectivity index (χ0) is 68.6. The maximum atomic E-state index is 14.1. The van der Waals surface area contributed by atoms with Gasteiger partial charge in [-0.1, -0.05) is 152 Å². The minimum absolute atomic E-state index is 0.0118. The Labute approximate surface area is 558 Å². The van der Waals surface area contributed by atoms with Crippen molar-refractivity contribution in [3.63, 3.8) is 0 Å². The molecule has 0 aromatic heterocycles. The fourth-order valence-corrected chi connectivity index (χ4v) is 15.3. The molecule has 2 saturated carbocycles. The molecule has 2 aromatic rings. The fourth-order valence-electron chi connectivity index (χ4n) is 15.3. The van der Waals surface area contributed by atoms with Crippen LogP contribution < -0.4 is 10.6 Å². The highest BCUT2D eigenvalue weighted by Gasteiger charge is 2.70. The summed E-state index contributed by atoms with van der Waals surface area (Å²) in [5.41, 5.74) is 1.19. The predicted octanol–water partition coefficient (Wildman–Crippen LogP) is 10.3. The van der Waals surface area contributed by atoms with Crippen LogP contribution in [-0.4, -0.2) is 149 Å². The first kappa shape index (κ1) is 74.4. The number of Topliss-reactive ketones (excluding diaryl/α,β-unsaturated/α-hetero) is 5. The molecule has 0 bridgehead atoms. The van der Waals surface area contributed by atoms with Crippen LogP contribution in [0.5, 0.6) is 0 Å². The van der Waals surface area contributed by atoms with Gasteiger partial charge < -0.3 is 35.3 Å². The van der Waals surface area contributed by atoms with Crippen molar-refractivity contribution in [3.05, 3.63) is 96.1 Å². The van der Waals surface area contributed by atoms with Crippen molar-refractivity contribution >= 4 is 64.4 Å². The Morgan fingerprint density at radius 3 is 1.32 bits per heavy atom. The summed E-state index contributed by atoms with van der Waals surface area (Å²) in [6, 6.07) is 14.9. The van der Waals surface area contributed by atoms with Gasteiger partial charge in [-0.25, -0.2) is 0 Å². The Morgan fingerprint density at radius 1 is 0.521 bits per heavy atom. The van der Waals surface area contributed by atoms with Gasteiger partial charge in [0.25, 0.3) is 0 Å². The molecule has 4 heterocycles. The highest BCUT2D eigenvalue weighted by molar-refractivity contribution is 6.38. The lowest BCUT2D eigenvalue weighted by Crippen LogP contribution is -2.48. The molecule has 4 aliphatic heterocycles. The number of carbonyl (C=O) groups is 11. The van der Waals surface area contributed by atoms with Gasteiger partial charge in [-0.3, -0.25) is 52.7 Å². The summed E-state index contributed by atoms with van der Waals surface area (Å²) in [5.74, 6) is -4.56. The van der Waals surface area contributed by atoms with Crippen LogP contribution in [0.15, 0.2) is 85.0 Å². The maximum Gasteiger partial charge on any atom is 0.249 e. The van der Waals surface area contributed by atoms with E-state index in [4.69, 9.17) is 0 Å². The van der Waals surface area contributed by atoms with E-state index < -0.39 is 71.3 Å². The van der Waals surface area contributed by atoms with Crippen LogP contribution in [0.3, 0.4) is 0 Å². The number of aliphatic hydroxyl groups is 1. The molecule has 1 unspecified atom stereocenters. The third-order valence-electron chi connectivity index (χ3n) is 21.5. The second-order valence-electron chi connectivity index (χ2n) is 29.4. The molecular formula is C76H108N6O12. The smallest absolute Gasteiger partial charge is 0.249 e. The summed E-state index contributed by atoms with van der Waals surface area (Å²) >= 11 is 0. The average molecular weight is 1300 g/mol. The van der Waals surface area contributed by atoms with Gasteiger partial charge in [0.05, 0.1) is 12.1 Å². The van der Waals surface area contributed by atoms with Crippen LogP contribution in [0, 0.1) is 58.2 Å². The summed E-state index contributed by atoms with van der Waals surface area (Å²) in [6.07, 6.45) is 19.6. The van der Waals surface area contributed by atoms with Crippen molar-refractivity contribution in [1.82, 2.24) is 30.2 Å².